The van der Waals surface area contributed by atoms with Crippen LogP contribution < -0.4 is 26.6 Å². The summed E-state index contributed by atoms with van der Waals surface area (Å²) >= 11 is 0. The number of halogens is 1. The molecular weight excluding hydrogens is 994 g/mol. The van der Waals surface area contributed by atoms with E-state index in [1.165, 1.54) is 40.2 Å². The van der Waals surface area contributed by atoms with Crippen LogP contribution >= 0.6 is 0 Å². The van der Waals surface area contributed by atoms with Crippen molar-refractivity contribution in [2.24, 2.45) is 29.6 Å². The first kappa shape index (κ1) is 58.3. The van der Waals surface area contributed by atoms with E-state index in [0.717, 1.165) is 10.8 Å². The lowest BCUT2D eigenvalue weighted by Crippen LogP contribution is -2.45. The number of aryl methyl sites for hydroxylation is 2. The van der Waals surface area contributed by atoms with Crippen molar-refractivity contribution in [2.75, 3.05) is 39.0 Å². The number of phenols is 3. The maximum absolute atomic E-state index is 14.6. The number of hydrogen-bond donors (Lipinski definition) is 7. The number of nitrogens with zero attached hydrogens (tertiary/aromatic N) is 4. The molecule has 3 aliphatic rings. The highest BCUT2D eigenvalue weighted by molar-refractivity contribution is 6.22. The molecule has 2 aromatic heterocycles. The molecule has 5 bridgehead atoms. The normalized spacial score (nSPS) is 25.9. The predicted molar refractivity (Wildman–Crippen MR) is 275 cm³/mol. The van der Waals surface area contributed by atoms with Crippen molar-refractivity contribution in [3.05, 3.63) is 97.6 Å². The van der Waals surface area contributed by atoms with E-state index in [1.54, 1.807) is 43.8 Å². The second-order valence-electron chi connectivity index (χ2n) is 19.6. The van der Waals surface area contributed by atoms with Gasteiger partial charge in [0.25, 0.3) is 17.2 Å². The Morgan fingerprint density at radius 2 is 1.64 bits per heavy atom. The average molecular weight is 1060 g/mol. The lowest BCUT2D eigenvalue weighted by molar-refractivity contribution is -0.159. The fourth-order valence-corrected chi connectivity index (χ4v) is 9.47. The van der Waals surface area contributed by atoms with Crippen LogP contribution in [-0.4, -0.2) is 120 Å². The van der Waals surface area contributed by atoms with Crippen molar-refractivity contribution in [3.63, 3.8) is 0 Å². The number of methoxy groups -OCH3 is 1. The summed E-state index contributed by atoms with van der Waals surface area (Å²) in [7, 11) is 1.46. The van der Waals surface area contributed by atoms with Crippen LogP contribution in [-0.2, 0) is 59.3 Å². The molecule has 0 aliphatic carbocycles. The first-order chi connectivity index (χ1) is 36.0. The number of phenolic OH excluding ortho intramolecular Hbond substituents is 3. The monoisotopic (exact) mass is 1060 g/mol. The molecule has 414 valence electrons. The quantitative estimate of drug-likeness (QED) is 0.0255. The molecular formula is C53H70FN7O15. The van der Waals surface area contributed by atoms with Gasteiger partial charge >= 0.3 is 17.4 Å². The molecule has 7 N–H and O–H groups in total. The second kappa shape index (κ2) is 25.3. The molecule has 4 aromatic rings. The number of benzene rings is 2. The zero-order valence-corrected chi connectivity index (χ0v) is 44.5. The van der Waals surface area contributed by atoms with Gasteiger partial charge < -0.3 is 54.2 Å². The highest BCUT2D eigenvalue weighted by atomic mass is 19.1. The van der Waals surface area contributed by atoms with Gasteiger partial charge in [0.05, 0.1) is 80.1 Å². The summed E-state index contributed by atoms with van der Waals surface area (Å²) in [6, 6.07) is 0. The van der Waals surface area contributed by atoms with Crippen LogP contribution in [0, 0.1) is 42.3 Å². The van der Waals surface area contributed by atoms with Gasteiger partial charge in [-0.2, -0.15) is 4.39 Å². The Balaban J connectivity index is 1.21. The van der Waals surface area contributed by atoms with Crippen LogP contribution in [0.15, 0.2) is 58.1 Å². The number of aliphatic hydroxyl groups excluding tert-OH is 1. The third kappa shape index (κ3) is 13.0. The number of fused-ring (bicyclic) bond motifs is 14. The number of hydrogen-bond acceptors (Lipinski definition) is 18. The molecule has 9 atom stereocenters. The van der Waals surface area contributed by atoms with E-state index in [4.69, 9.17) is 28.4 Å². The summed E-state index contributed by atoms with van der Waals surface area (Å²) in [6.07, 6.45) is 8.88. The molecule has 2 aromatic carbocycles. The fraction of sp³-hybridized carbons (Fsp3) is 0.528. The maximum atomic E-state index is 14.6. The van der Waals surface area contributed by atoms with Gasteiger partial charge in [-0.15, -0.1) is 5.10 Å². The number of allylic oxidation sites excluding steroid dienone is 3. The molecule has 0 radical (unpaired) electrons. The third-order valence-electron chi connectivity index (χ3n) is 14.4. The predicted octanol–water partition coefficient (Wildman–Crippen LogP) is 5.02. The Morgan fingerprint density at radius 3 is 2.36 bits per heavy atom. The molecule has 7 rings (SSSR count). The number of anilines is 1. The number of rotatable bonds is 16. The summed E-state index contributed by atoms with van der Waals surface area (Å²) in [6.45, 7) is 15.9. The summed E-state index contributed by atoms with van der Waals surface area (Å²) in [5, 5.41) is 61.0. The van der Waals surface area contributed by atoms with Crippen molar-refractivity contribution < 1.29 is 67.6 Å². The minimum Gasteiger partial charge on any atom is -0.507 e. The van der Waals surface area contributed by atoms with Gasteiger partial charge in [0.1, 0.15) is 23.4 Å². The van der Waals surface area contributed by atoms with Gasteiger partial charge in [-0.05, 0) is 50.5 Å². The van der Waals surface area contributed by atoms with E-state index in [0.29, 0.717) is 25.1 Å². The van der Waals surface area contributed by atoms with Crippen molar-refractivity contribution in [3.8, 4) is 23.0 Å². The zero-order valence-electron chi connectivity index (χ0n) is 44.5. The molecule has 0 saturated carbocycles. The van der Waals surface area contributed by atoms with Gasteiger partial charge in [-0.25, -0.2) is 9.48 Å². The molecule has 1 amide bonds. The molecule has 5 heterocycles. The van der Waals surface area contributed by atoms with Gasteiger partial charge in [0.2, 0.25) is 5.82 Å². The number of ether oxygens (including phenoxy) is 6. The summed E-state index contributed by atoms with van der Waals surface area (Å²) in [5.41, 5.74) is -1.40. The van der Waals surface area contributed by atoms with Crippen LogP contribution in [0.4, 0.5) is 10.1 Å². The SMILES string of the molecule is CO[C@H]1/C=C/O[C@@]2(C)Oc3c(C)c(O)c4c(O)c(c(CNCOCCOCCn5cc(CCCn6cc(F)c(=O)[nH]c6=O)nn5)c(O)c4c3C2=O)NC(=O)/C(C)=C\C=C\[C@H](C)[C@H](C)[C@@H](C)[C@@H](O)[C@@H](C)[C@H](OC(C)=O)[C@@H]1C. The van der Waals surface area contributed by atoms with Crippen molar-refractivity contribution in [2.45, 2.75) is 119 Å². The van der Waals surface area contributed by atoms with Crippen LogP contribution in [0.25, 0.3) is 10.8 Å². The Bertz CT molecular complexity index is 2980. The first-order valence-electron chi connectivity index (χ1n) is 25.1. The number of nitrogens with one attached hydrogen (secondary N) is 3. The van der Waals surface area contributed by atoms with E-state index in [2.05, 4.69) is 20.9 Å². The molecule has 23 heteroatoms. The smallest absolute Gasteiger partial charge is 0.328 e. The van der Waals surface area contributed by atoms with Gasteiger partial charge in [0, 0.05) is 74.2 Å². The Morgan fingerprint density at radius 1 is 0.921 bits per heavy atom. The number of aromatic hydroxyl groups is 3. The minimum atomic E-state index is -2.07. The largest absolute Gasteiger partial charge is 0.507 e. The first-order valence-corrected chi connectivity index (χ1v) is 25.1. The van der Waals surface area contributed by atoms with Gasteiger partial charge in [0.15, 0.2) is 5.75 Å². The number of H-pyrrole nitrogens is 1. The number of carbonyl (C=O) groups is 3. The number of aliphatic hydroxyl groups is 1. The van der Waals surface area contributed by atoms with E-state index in [1.807, 2.05) is 31.8 Å². The van der Waals surface area contributed by atoms with Crippen molar-refractivity contribution in [1.82, 2.24) is 29.9 Å². The van der Waals surface area contributed by atoms with E-state index in [9.17, 15) is 48.8 Å². The Kier molecular flexibility index (Phi) is 19.4. The molecule has 76 heavy (non-hydrogen) atoms. The average Bonchev–Trinajstić information content (AvgIpc) is 3.94. The summed E-state index contributed by atoms with van der Waals surface area (Å²) < 4.78 is 51.5. The lowest BCUT2D eigenvalue weighted by Gasteiger charge is -2.38. The number of aromatic amines is 1. The number of aromatic nitrogens is 5. The van der Waals surface area contributed by atoms with E-state index >= 15 is 0 Å². The Labute approximate surface area is 438 Å². The number of amides is 1. The van der Waals surface area contributed by atoms with Crippen LogP contribution in [0.5, 0.6) is 23.0 Å². The number of esters is 1. The van der Waals surface area contributed by atoms with Crippen molar-refractivity contribution in [1.29, 1.82) is 0 Å². The molecule has 0 fully saturated rings. The maximum Gasteiger partial charge on any atom is 0.328 e. The molecule has 22 nitrogen and oxygen atoms in total. The van der Waals surface area contributed by atoms with Gasteiger partial charge in [-0.3, -0.25) is 34.0 Å². The summed E-state index contributed by atoms with van der Waals surface area (Å²) in [5.74, 6) is -8.55. The number of Topliss-reactive ketones (excluding diaryl/α,β-unsaturated/α-hetero) is 1. The highest BCUT2D eigenvalue weighted by Gasteiger charge is 2.50. The topological polar surface area (TPSA) is 297 Å². The molecule has 0 unspecified atom stereocenters. The minimum absolute atomic E-state index is 0.0337. The third-order valence-corrected chi connectivity index (χ3v) is 14.4. The van der Waals surface area contributed by atoms with Crippen LogP contribution in [0.1, 0.15) is 89.0 Å². The number of carbonyl (C=O) groups excluding carboxylic acids is 3. The molecule has 0 spiro atoms. The van der Waals surface area contributed by atoms with Gasteiger partial charge in [-0.1, -0.05) is 58.1 Å². The highest BCUT2D eigenvalue weighted by Crippen LogP contribution is 2.55. The van der Waals surface area contributed by atoms with E-state index < -0.39 is 87.9 Å². The number of ketones is 1. The molecule has 3 aliphatic heterocycles. The van der Waals surface area contributed by atoms with Crippen LogP contribution in [0.3, 0.4) is 0 Å². The van der Waals surface area contributed by atoms with E-state index in [-0.39, 0.29) is 102 Å². The fourth-order valence-electron chi connectivity index (χ4n) is 9.47. The zero-order chi connectivity index (χ0) is 55.8. The second-order valence-corrected chi connectivity index (χ2v) is 19.6. The lowest BCUT2D eigenvalue weighted by atomic mass is 9.75. The van der Waals surface area contributed by atoms with Crippen LogP contribution in [0.2, 0.25) is 0 Å². The standard InChI is InChI=1S/C53H70FN7O15/c1-27-13-11-14-28(2)50(68)56-42-36(23-55-26-73-22-21-72-20-18-61-24-35(58-59-61)15-12-17-60-25-37(54)51(69)57-52(60)70)45(65)39-40(46(42)66)44(64)33(7)48-41(39)49(67)53(9,76-48)74-19-16-38(71-10)31(5)47(75-34(8)62)32(6)43(63)30(4)29(27)3/h11,13-14,16,19,24-25,27,29-32,38,43,47,55,63-66H,12,15,17-18,20-23,26H2,1-10H3,(H,56,68)(H,57,69,70)/b13-11+,19-16+,28-14-/t27-,29-,30+,31+,32+,38-,43+,47+,53-/m0/s1. The molecule has 0 saturated heterocycles. The van der Waals surface area contributed by atoms with Crippen molar-refractivity contribution >= 4 is 34.1 Å². The Hall–Kier alpha value is -6.92. The summed E-state index contributed by atoms with van der Waals surface area (Å²) in [4.78, 5) is 66.1.